The molecule has 2 aliphatic heterocycles. The molecule has 2 fully saturated rings. The molecule has 6 heteroatoms. The van der Waals surface area contributed by atoms with Crippen LogP contribution in [-0.4, -0.2) is 49.0 Å². The largest absolute Gasteiger partial charge is 0.379 e. The average Bonchev–Trinajstić information content (AvgIpc) is 3.32. The summed E-state index contributed by atoms with van der Waals surface area (Å²) < 4.78 is 20.3. The third-order valence-electron chi connectivity index (χ3n) is 6.09. The lowest BCUT2D eigenvalue weighted by atomic mass is 10.0. The van der Waals surface area contributed by atoms with Gasteiger partial charge in [0.25, 0.3) is 0 Å². The van der Waals surface area contributed by atoms with E-state index in [0.29, 0.717) is 13.2 Å². The molecular weight excluding hydrogens is 400 g/mol. The second-order valence-electron chi connectivity index (χ2n) is 8.09. The van der Waals surface area contributed by atoms with Crippen molar-refractivity contribution in [2.75, 3.05) is 39.5 Å². The zero-order valence-corrected chi connectivity index (χ0v) is 18.0. The Balaban J connectivity index is 1.69. The van der Waals surface area contributed by atoms with E-state index in [4.69, 9.17) is 25.8 Å². The molecule has 2 saturated heterocycles. The quantitative estimate of drug-likeness (QED) is 0.606. The smallest absolute Gasteiger partial charge is 0.194 e. The second kappa shape index (κ2) is 8.33. The molecule has 0 N–H and O–H groups in total. The van der Waals surface area contributed by atoms with Crippen molar-refractivity contribution < 1.29 is 14.2 Å². The first-order chi connectivity index (χ1) is 14.6. The number of benzene rings is 2. The molecule has 5 nitrogen and oxygen atoms in total. The summed E-state index contributed by atoms with van der Waals surface area (Å²) in [5.74, 6) is -0.771. The third-order valence-corrected chi connectivity index (χ3v) is 6.32. The number of fused-ring (bicyclic) bond motifs is 1. The van der Waals surface area contributed by atoms with Crippen LogP contribution in [0.1, 0.15) is 23.7 Å². The van der Waals surface area contributed by atoms with Crippen LogP contribution in [0.4, 0.5) is 0 Å². The average molecular weight is 427 g/mol. The molecule has 0 spiro atoms. The fourth-order valence-corrected chi connectivity index (χ4v) is 4.80. The fourth-order valence-electron chi connectivity index (χ4n) is 4.63. The van der Waals surface area contributed by atoms with Gasteiger partial charge in [0, 0.05) is 53.4 Å². The van der Waals surface area contributed by atoms with Crippen LogP contribution in [0.3, 0.4) is 0 Å². The monoisotopic (exact) mass is 426 g/mol. The van der Waals surface area contributed by atoms with Gasteiger partial charge in [0.2, 0.25) is 0 Å². The van der Waals surface area contributed by atoms with Gasteiger partial charge in [0.05, 0.1) is 26.4 Å². The molecule has 3 aromatic rings. The summed E-state index contributed by atoms with van der Waals surface area (Å²) in [5, 5.41) is 1.83. The molecule has 158 valence electrons. The molecule has 3 heterocycles. The van der Waals surface area contributed by atoms with Gasteiger partial charge in [-0.3, -0.25) is 4.90 Å². The molecule has 30 heavy (non-hydrogen) atoms. The molecule has 0 unspecified atom stereocenters. The topological polar surface area (TPSA) is 35.9 Å². The Bertz CT molecular complexity index is 1020. The second-order valence-corrected chi connectivity index (χ2v) is 8.52. The van der Waals surface area contributed by atoms with Crippen LogP contribution >= 0.6 is 11.6 Å². The SMILES string of the molecule is CC1(c2c(CN3CCOCC3)n(Cc3ccccc3)c3ccc(Cl)cc23)OCCO1. The molecule has 1 aromatic heterocycles. The molecule has 0 radical (unpaired) electrons. The number of nitrogens with zero attached hydrogens (tertiary/aromatic N) is 2. The molecule has 0 saturated carbocycles. The van der Waals surface area contributed by atoms with Gasteiger partial charge in [-0.2, -0.15) is 0 Å². The highest BCUT2D eigenvalue weighted by Gasteiger charge is 2.39. The van der Waals surface area contributed by atoms with E-state index < -0.39 is 5.79 Å². The van der Waals surface area contributed by atoms with Crippen molar-refractivity contribution in [3.63, 3.8) is 0 Å². The summed E-state index contributed by atoms with van der Waals surface area (Å²) >= 11 is 6.44. The van der Waals surface area contributed by atoms with Crippen LogP contribution in [-0.2, 0) is 33.1 Å². The summed E-state index contributed by atoms with van der Waals surface area (Å²) in [6.45, 7) is 8.21. The van der Waals surface area contributed by atoms with E-state index in [0.717, 1.165) is 60.9 Å². The molecule has 0 aliphatic carbocycles. The maximum Gasteiger partial charge on any atom is 0.194 e. The lowest BCUT2D eigenvalue weighted by Gasteiger charge is -2.30. The van der Waals surface area contributed by atoms with E-state index >= 15 is 0 Å². The van der Waals surface area contributed by atoms with Crippen molar-refractivity contribution in [2.24, 2.45) is 0 Å². The Morgan fingerprint density at radius 3 is 2.40 bits per heavy atom. The number of rotatable bonds is 5. The van der Waals surface area contributed by atoms with Crippen molar-refractivity contribution in [1.29, 1.82) is 0 Å². The fraction of sp³-hybridized carbons (Fsp3) is 0.417. The van der Waals surface area contributed by atoms with Gasteiger partial charge >= 0.3 is 0 Å². The van der Waals surface area contributed by atoms with Crippen LogP contribution in [0.5, 0.6) is 0 Å². The van der Waals surface area contributed by atoms with Gasteiger partial charge in [-0.1, -0.05) is 41.9 Å². The van der Waals surface area contributed by atoms with Gasteiger partial charge in [-0.05, 0) is 30.7 Å². The first-order valence-electron chi connectivity index (χ1n) is 10.6. The minimum Gasteiger partial charge on any atom is -0.379 e. The highest BCUT2D eigenvalue weighted by Crippen LogP contribution is 2.41. The predicted octanol–water partition coefficient (Wildman–Crippen LogP) is 4.39. The summed E-state index contributed by atoms with van der Waals surface area (Å²) in [6.07, 6.45) is 0. The number of aromatic nitrogens is 1. The summed E-state index contributed by atoms with van der Waals surface area (Å²) in [7, 11) is 0. The van der Waals surface area contributed by atoms with E-state index in [1.54, 1.807) is 0 Å². The van der Waals surface area contributed by atoms with E-state index in [-0.39, 0.29) is 0 Å². The molecule has 0 bridgehead atoms. The molecule has 0 atom stereocenters. The van der Waals surface area contributed by atoms with Crippen molar-refractivity contribution in [1.82, 2.24) is 9.47 Å². The standard InChI is InChI=1S/C24H27ClN2O3/c1-24(29-13-14-30-24)23-20-15-19(25)7-8-21(20)27(16-18-5-3-2-4-6-18)22(23)17-26-9-11-28-12-10-26/h2-8,15H,9-14,16-17H2,1H3. The van der Waals surface area contributed by atoms with Gasteiger partial charge < -0.3 is 18.8 Å². The first-order valence-corrected chi connectivity index (χ1v) is 10.9. The van der Waals surface area contributed by atoms with E-state index in [1.165, 1.54) is 11.3 Å². The van der Waals surface area contributed by atoms with Crippen LogP contribution in [0.15, 0.2) is 48.5 Å². The van der Waals surface area contributed by atoms with Gasteiger partial charge in [-0.25, -0.2) is 0 Å². The first kappa shape index (κ1) is 20.0. The number of hydrogen-bond donors (Lipinski definition) is 0. The maximum absolute atomic E-state index is 6.44. The molecule has 2 aliphatic rings. The lowest BCUT2D eigenvalue weighted by Crippen LogP contribution is -2.37. The number of hydrogen-bond acceptors (Lipinski definition) is 4. The Morgan fingerprint density at radius 1 is 0.933 bits per heavy atom. The molecule has 0 amide bonds. The minimum absolute atomic E-state index is 0.597. The van der Waals surface area contributed by atoms with Gasteiger partial charge in [0.1, 0.15) is 0 Å². The lowest BCUT2D eigenvalue weighted by molar-refractivity contribution is -0.149. The maximum atomic E-state index is 6.44. The van der Waals surface area contributed by atoms with Crippen LogP contribution in [0, 0.1) is 0 Å². The van der Waals surface area contributed by atoms with E-state index in [9.17, 15) is 0 Å². The zero-order chi connectivity index (χ0) is 20.6. The van der Waals surface area contributed by atoms with Crippen LogP contribution < -0.4 is 0 Å². The third kappa shape index (κ3) is 3.77. The van der Waals surface area contributed by atoms with E-state index in [1.807, 2.05) is 19.1 Å². The van der Waals surface area contributed by atoms with Crippen LogP contribution in [0.25, 0.3) is 10.9 Å². The number of halogens is 1. The van der Waals surface area contributed by atoms with Crippen molar-refractivity contribution >= 4 is 22.5 Å². The summed E-state index contributed by atoms with van der Waals surface area (Å²) in [6, 6.07) is 16.7. The molecule has 5 rings (SSSR count). The normalized spacial score (nSPS) is 19.5. The van der Waals surface area contributed by atoms with E-state index in [2.05, 4.69) is 45.9 Å². The predicted molar refractivity (Wildman–Crippen MR) is 118 cm³/mol. The van der Waals surface area contributed by atoms with Gasteiger partial charge in [-0.15, -0.1) is 0 Å². The molecule has 2 aromatic carbocycles. The Labute approximate surface area is 182 Å². The summed E-state index contributed by atoms with van der Waals surface area (Å²) in [4.78, 5) is 2.45. The highest BCUT2D eigenvalue weighted by atomic mass is 35.5. The van der Waals surface area contributed by atoms with Crippen molar-refractivity contribution in [3.05, 3.63) is 70.4 Å². The van der Waals surface area contributed by atoms with Crippen molar-refractivity contribution in [3.8, 4) is 0 Å². The molecular formula is C24H27ClN2O3. The number of ether oxygens (including phenoxy) is 3. The number of morpholine rings is 1. The summed E-state index contributed by atoms with van der Waals surface area (Å²) in [5.41, 5.74) is 4.74. The highest BCUT2D eigenvalue weighted by molar-refractivity contribution is 6.31. The zero-order valence-electron chi connectivity index (χ0n) is 17.3. The van der Waals surface area contributed by atoms with Gasteiger partial charge in [0.15, 0.2) is 5.79 Å². The minimum atomic E-state index is -0.771. The Hall–Kier alpha value is -1.89. The van der Waals surface area contributed by atoms with Crippen LogP contribution in [0.2, 0.25) is 5.02 Å². The Kier molecular flexibility index (Phi) is 5.56. The Morgan fingerprint density at radius 2 is 1.67 bits per heavy atom. The van der Waals surface area contributed by atoms with Crippen molar-refractivity contribution in [2.45, 2.75) is 25.8 Å².